The van der Waals surface area contributed by atoms with Crippen LogP contribution in [0.2, 0.25) is 0 Å². The maximum absolute atomic E-state index is 11.5. The van der Waals surface area contributed by atoms with Gasteiger partial charge in [-0.25, -0.2) is 8.42 Å². The number of carbonyl (C=O) groups excluding carboxylic acids is 1. The van der Waals surface area contributed by atoms with Gasteiger partial charge in [-0.2, -0.15) is 0 Å². The molecule has 1 aromatic rings. The summed E-state index contributed by atoms with van der Waals surface area (Å²) in [7, 11) is -3.10. The number of esters is 1. The first-order chi connectivity index (χ1) is 8.93. The summed E-state index contributed by atoms with van der Waals surface area (Å²) in [6.07, 6.45) is 0.690. The molecular formula is C13H19NO4S. The summed E-state index contributed by atoms with van der Waals surface area (Å²) in [4.78, 5) is 11.5. The SMILES string of the molecule is CCCS(=O)(=O)CCOC(=O)Cc1ccc(N)cc1. The van der Waals surface area contributed by atoms with Crippen LogP contribution in [-0.4, -0.2) is 32.5 Å². The van der Waals surface area contributed by atoms with Gasteiger partial charge in [-0.15, -0.1) is 0 Å². The van der Waals surface area contributed by atoms with Crippen molar-refractivity contribution in [1.82, 2.24) is 0 Å². The van der Waals surface area contributed by atoms with E-state index >= 15 is 0 Å². The average Bonchev–Trinajstić information content (AvgIpc) is 2.31. The highest BCUT2D eigenvalue weighted by atomic mass is 32.2. The molecule has 0 spiro atoms. The van der Waals surface area contributed by atoms with E-state index < -0.39 is 15.8 Å². The first-order valence-corrected chi connectivity index (χ1v) is 7.95. The molecule has 0 amide bonds. The van der Waals surface area contributed by atoms with Crippen molar-refractivity contribution in [1.29, 1.82) is 0 Å². The van der Waals surface area contributed by atoms with Gasteiger partial charge in [0, 0.05) is 5.69 Å². The van der Waals surface area contributed by atoms with Gasteiger partial charge in [0.2, 0.25) is 0 Å². The molecule has 0 saturated heterocycles. The third-order valence-corrected chi connectivity index (χ3v) is 4.32. The van der Waals surface area contributed by atoms with Crippen molar-refractivity contribution in [2.45, 2.75) is 19.8 Å². The number of hydrogen-bond acceptors (Lipinski definition) is 5. The third kappa shape index (κ3) is 6.24. The Kier molecular flexibility index (Phi) is 5.82. The Balaban J connectivity index is 2.34. The van der Waals surface area contributed by atoms with Crippen LogP contribution in [0.3, 0.4) is 0 Å². The zero-order valence-corrected chi connectivity index (χ0v) is 11.8. The number of benzene rings is 1. The Bertz CT molecular complexity index is 508. The molecular weight excluding hydrogens is 266 g/mol. The number of nitrogens with two attached hydrogens (primary N) is 1. The van der Waals surface area contributed by atoms with Crippen LogP contribution < -0.4 is 5.73 Å². The lowest BCUT2D eigenvalue weighted by atomic mass is 10.1. The molecule has 0 aliphatic heterocycles. The fourth-order valence-corrected chi connectivity index (χ4v) is 2.71. The monoisotopic (exact) mass is 285 g/mol. The largest absolute Gasteiger partial charge is 0.464 e. The fourth-order valence-electron chi connectivity index (χ4n) is 1.55. The summed E-state index contributed by atoms with van der Waals surface area (Å²) in [6.45, 7) is 1.71. The molecule has 106 valence electrons. The minimum absolute atomic E-state index is 0.0872. The van der Waals surface area contributed by atoms with E-state index in [4.69, 9.17) is 10.5 Å². The van der Waals surface area contributed by atoms with Crippen molar-refractivity contribution in [3.8, 4) is 0 Å². The molecule has 0 radical (unpaired) electrons. The number of rotatable bonds is 7. The molecule has 5 nitrogen and oxygen atoms in total. The first-order valence-electron chi connectivity index (χ1n) is 6.13. The van der Waals surface area contributed by atoms with Gasteiger partial charge < -0.3 is 10.5 Å². The van der Waals surface area contributed by atoms with E-state index in [2.05, 4.69) is 0 Å². The Morgan fingerprint density at radius 1 is 1.21 bits per heavy atom. The molecule has 6 heteroatoms. The van der Waals surface area contributed by atoms with Crippen LogP contribution in [-0.2, 0) is 25.8 Å². The van der Waals surface area contributed by atoms with E-state index in [1.807, 2.05) is 0 Å². The van der Waals surface area contributed by atoms with E-state index in [-0.39, 0.29) is 24.5 Å². The van der Waals surface area contributed by atoms with Gasteiger partial charge in [-0.1, -0.05) is 19.1 Å². The minimum Gasteiger partial charge on any atom is -0.464 e. The predicted molar refractivity (Wildman–Crippen MR) is 74.5 cm³/mol. The molecule has 1 aromatic carbocycles. The Morgan fingerprint density at radius 3 is 2.42 bits per heavy atom. The summed E-state index contributed by atoms with van der Waals surface area (Å²) in [5.74, 6) is -0.423. The summed E-state index contributed by atoms with van der Waals surface area (Å²) in [6, 6.07) is 6.89. The molecule has 0 unspecified atom stereocenters. The highest BCUT2D eigenvalue weighted by Crippen LogP contribution is 2.06. The van der Waals surface area contributed by atoms with E-state index in [0.717, 1.165) is 5.56 Å². The maximum atomic E-state index is 11.5. The molecule has 0 fully saturated rings. The number of nitrogen functional groups attached to an aromatic ring is 1. The van der Waals surface area contributed by atoms with Gasteiger partial charge in [0.15, 0.2) is 9.84 Å². The Hall–Kier alpha value is -1.56. The summed E-state index contributed by atoms with van der Waals surface area (Å²) in [5, 5.41) is 0. The zero-order chi connectivity index (χ0) is 14.3. The van der Waals surface area contributed by atoms with E-state index in [9.17, 15) is 13.2 Å². The highest BCUT2D eigenvalue weighted by Gasteiger charge is 2.11. The smallest absolute Gasteiger partial charge is 0.310 e. The molecule has 0 saturated carbocycles. The number of hydrogen-bond donors (Lipinski definition) is 1. The van der Waals surface area contributed by atoms with E-state index in [1.54, 1.807) is 31.2 Å². The predicted octanol–water partition coefficient (Wildman–Crippen LogP) is 1.18. The van der Waals surface area contributed by atoms with Crippen molar-refractivity contribution in [3.05, 3.63) is 29.8 Å². The van der Waals surface area contributed by atoms with Gasteiger partial charge in [-0.05, 0) is 24.1 Å². The number of anilines is 1. The molecule has 0 bridgehead atoms. The van der Waals surface area contributed by atoms with Crippen molar-refractivity contribution < 1.29 is 17.9 Å². The lowest BCUT2D eigenvalue weighted by molar-refractivity contribution is -0.142. The molecule has 0 heterocycles. The van der Waals surface area contributed by atoms with E-state index in [1.165, 1.54) is 0 Å². The maximum Gasteiger partial charge on any atom is 0.310 e. The van der Waals surface area contributed by atoms with Crippen molar-refractivity contribution >= 4 is 21.5 Å². The van der Waals surface area contributed by atoms with Crippen LogP contribution in [0, 0.1) is 0 Å². The van der Waals surface area contributed by atoms with Gasteiger partial charge in [0.1, 0.15) is 6.61 Å². The number of ether oxygens (including phenoxy) is 1. The third-order valence-electron chi connectivity index (χ3n) is 2.50. The second kappa shape index (κ2) is 7.13. The number of sulfone groups is 1. The second-order valence-corrected chi connectivity index (χ2v) is 6.59. The Labute approximate surface area is 113 Å². The molecule has 0 aromatic heterocycles. The van der Waals surface area contributed by atoms with Crippen LogP contribution in [0.15, 0.2) is 24.3 Å². The first kappa shape index (κ1) is 15.5. The van der Waals surface area contributed by atoms with Crippen LogP contribution in [0.1, 0.15) is 18.9 Å². The van der Waals surface area contributed by atoms with Gasteiger partial charge in [0.25, 0.3) is 0 Å². The molecule has 0 aliphatic carbocycles. The Morgan fingerprint density at radius 2 is 1.84 bits per heavy atom. The van der Waals surface area contributed by atoms with E-state index in [0.29, 0.717) is 12.1 Å². The fraction of sp³-hybridized carbons (Fsp3) is 0.462. The van der Waals surface area contributed by atoms with Gasteiger partial charge >= 0.3 is 5.97 Å². The standard InChI is InChI=1S/C13H19NO4S/c1-2-8-19(16,17)9-7-18-13(15)10-11-3-5-12(14)6-4-11/h3-6H,2,7-10,14H2,1H3. The molecule has 2 N–H and O–H groups in total. The van der Waals surface area contributed by atoms with Crippen molar-refractivity contribution in [2.24, 2.45) is 0 Å². The van der Waals surface area contributed by atoms with Crippen LogP contribution in [0.25, 0.3) is 0 Å². The second-order valence-electron chi connectivity index (χ2n) is 4.29. The summed E-state index contributed by atoms with van der Waals surface area (Å²) in [5.41, 5.74) is 6.95. The minimum atomic E-state index is -3.10. The van der Waals surface area contributed by atoms with Crippen LogP contribution >= 0.6 is 0 Å². The highest BCUT2D eigenvalue weighted by molar-refractivity contribution is 7.91. The molecule has 1 rings (SSSR count). The lowest BCUT2D eigenvalue weighted by Crippen LogP contribution is -2.18. The van der Waals surface area contributed by atoms with Crippen molar-refractivity contribution in [3.63, 3.8) is 0 Å². The molecule has 19 heavy (non-hydrogen) atoms. The zero-order valence-electron chi connectivity index (χ0n) is 11.0. The molecule has 0 aliphatic rings. The normalized spacial score (nSPS) is 11.2. The van der Waals surface area contributed by atoms with Crippen LogP contribution in [0.4, 0.5) is 5.69 Å². The molecule has 0 atom stereocenters. The van der Waals surface area contributed by atoms with Gasteiger partial charge in [0.05, 0.1) is 17.9 Å². The number of carbonyl (C=O) groups is 1. The lowest BCUT2D eigenvalue weighted by Gasteiger charge is -2.06. The quantitative estimate of drug-likeness (QED) is 0.600. The summed E-state index contributed by atoms with van der Waals surface area (Å²) >= 11 is 0. The summed E-state index contributed by atoms with van der Waals surface area (Å²) < 4.78 is 27.7. The van der Waals surface area contributed by atoms with Gasteiger partial charge in [-0.3, -0.25) is 4.79 Å². The van der Waals surface area contributed by atoms with Crippen LogP contribution in [0.5, 0.6) is 0 Å². The topological polar surface area (TPSA) is 86.5 Å². The average molecular weight is 285 g/mol. The van der Waals surface area contributed by atoms with Crippen molar-refractivity contribution in [2.75, 3.05) is 23.8 Å².